The van der Waals surface area contributed by atoms with Gasteiger partial charge in [-0.05, 0) is 46.0 Å². The van der Waals surface area contributed by atoms with Crippen molar-refractivity contribution in [1.82, 2.24) is 15.1 Å². The molecule has 0 saturated carbocycles. The van der Waals surface area contributed by atoms with E-state index in [1.807, 2.05) is 33.8 Å². The number of hydrogen-bond donors (Lipinski definition) is 2. The molecule has 1 heterocycles. The van der Waals surface area contributed by atoms with Crippen LogP contribution in [0.4, 0.5) is 5.69 Å². The molecule has 0 saturated heterocycles. The molecular formula is C19H24BrN5O3S. The van der Waals surface area contributed by atoms with Gasteiger partial charge in [0.25, 0.3) is 5.91 Å². The lowest BCUT2D eigenvalue weighted by atomic mass is 9.88. The first-order valence-electron chi connectivity index (χ1n) is 8.87. The smallest absolute Gasteiger partial charge is 0.272 e. The monoisotopic (exact) mass is 481 g/mol. The normalized spacial score (nSPS) is 12.9. The first-order chi connectivity index (χ1) is 13.3. The molecule has 156 valence electrons. The Bertz CT molecular complexity index is 1050. The zero-order chi connectivity index (χ0) is 22.0. The van der Waals surface area contributed by atoms with Crippen LogP contribution in [0, 0.1) is 16.7 Å². The number of aromatic nitrogens is 2. The van der Waals surface area contributed by atoms with Crippen LogP contribution in [-0.4, -0.2) is 30.1 Å². The second-order valence-electron chi connectivity index (χ2n) is 7.87. The molecule has 10 heteroatoms. The van der Waals surface area contributed by atoms with Crippen LogP contribution in [0.2, 0.25) is 0 Å². The molecule has 0 bridgehead atoms. The van der Waals surface area contributed by atoms with Crippen LogP contribution < -0.4 is 10.0 Å². The second-order valence-corrected chi connectivity index (χ2v) is 10.3. The maximum atomic E-state index is 12.8. The number of aryl methyl sites for hydroxylation is 1. The van der Waals surface area contributed by atoms with Crippen LogP contribution in [0.25, 0.3) is 0 Å². The van der Waals surface area contributed by atoms with Gasteiger partial charge < -0.3 is 5.32 Å². The van der Waals surface area contributed by atoms with Crippen molar-refractivity contribution >= 4 is 37.5 Å². The summed E-state index contributed by atoms with van der Waals surface area (Å²) >= 11 is 3.22. The van der Waals surface area contributed by atoms with Gasteiger partial charge in [0.1, 0.15) is 5.69 Å². The highest BCUT2D eigenvalue weighted by molar-refractivity contribution is 9.10. The molecule has 0 radical (unpaired) electrons. The van der Waals surface area contributed by atoms with Crippen LogP contribution in [-0.2, 0) is 22.8 Å². The lowest BCUT2D eigenvalue weighted by Gasteiger charge is -2.28. The van der Waals surface area contributed by atoms with Gasteiger partial charge in [0.15, 0.2) is 10.3 Å². The van der Waals surface area contributed by atoms with Crippen LogP contribution in [0.3, 0.4) is 0 Å². The molecule has 8 nitrogen and oxygen atoms in total. The van der Waals surface area contributed by atoms with E-state index >= 15 is 0 Å². The van der Waals surface area contributed by atoms with E-state index in [1.54, 1.807) is 31.3 Å². The first kappa shape index (κ1) is 22.9. The molecule has 0 fully saturated rings. The van der Waals surface area contributed by atoms with Crippen molar-refractivity contribution < 1.29 is 13.2 Å². The predicted octanol–water partition coefficient (Wildman–Crippen LogP) is 3.16. The summed E-state index contributed by atoms with van der Waals surface area (Å²) in [4.78, 5) is 12.8. The third kappa shape index (κ3) is 5.81. The van der Waals surface area contributed by atoms with E-state index in [0.29, 0.717) is 11.1 Å². The Morgan fingerprint density at radius 1 is 1.31 bits per heavy atom. The van der Waals surface area contributed by atoms with E-state index in [-0.39, 0.29) is 33.2 Å². The fourth-order valence-electron chi connectivity index (χ4n) is 2.41. The average molecular weight is 482 g/mol. The SMILES string of the molecule is C[C@H](NC(=O)c1c(NS(=O)(=O)Cc2ccc(C#N)cc2)c(Br)nn1C)C(C)(C)C. The number of benzene rings is 1. The molecule has 0 spiro atoms. The zero-order valence-electron chi connectivity index (χ0n) is 16.9. The van der Waals surface area contributed by atoms with Gasteiger partial charge in [-0.3, -0.25) is 14.2 Å². The number of nitrogens with one attached hydrogen (secondary N) is 2. The fraction of sp³-hybridized carbons (Fsp3) is 0.421. The van der Waals surface area contributed by atoms with Crippen molar-refractivity contribution in [2.75, 3.05) is 4.72 Å². The quantitative estimate of drug-likeness (QED) is 0.656. The van der Waals surface area contributed by atoms with E-state index in [1.165, 1.54) is 4.68 Å². The lowest BCUT2D eigenvalue weighted by molar-refractivity contribution is 0.0901. The van der Waals surface area contributed by atoms with Crippen LogP contribution in [0.1, 0.15) is 49.3 Å². The van der Waals surface area contributed by atoms with E-state index in [2.05, 4.69) is 31.1 Å². The Morgan fingerprint density at radius 2 is 1.90 bits per heavy atom. The van der Waals surface area contributed by atoms with Gasteiger partial charge in [0.2, 0.25) is 10.0 Å². The largest absolute Gasteiger partial charge is 0.348 e. The molecule has 2 aromatic rings. The Balaban J connectivity index is 2.28. The van der Waals surface area contributed by atoms with Crippen molar-refractivity contribution in [2.24, 2.45) is 12.5 Å². The number of anilines is 1. The summed E-state index contributed by atoms with van der Waals surface area (Å²) < 4.78 is 29.4. The molecule has 1 aromatic carbocycles. The Kier molecular flexibility index (Phi) is 6.75. The lowest BCUT2D eigenvalue weighted by Crippen LogP contribution is -2.42. The van der Waals surface area contributed by atoms with Gasteiger partial charge in [-0.15, -0.1) is 0 Å². The van der Waals surface area contributed by atoms with Crippen LogP contribution in [0.15, 0.2) is 28.9 Å². The molecule has 0 unspecified atom stereocenters. The standard InChI is InChI=1S/C19H24BrN5O3S/c1-12(19(2,3)4)22-18(26)16-15(17(20)23-25(16)5)24-29(27,28)11-14-8-6-13(10-21)7-9-14/h6-9,12,24H,11H2,1-5H3,(H,22,26)/t12-/m0/s1. The molecule has 2 N–H and O–H groups in total. The van der Waals surface area contributed by atoms with E-state index in [0.717, 1.165) is 0 Å². The molecule has 0 aliphatic heterocycles. The summed E-state index contributed by atoms with van der Waals surface area (Å²) in [6, 6.07) is 8.10. The third-order valence-corrected chi connectivity index (χ3v) is 6.35. The van der Waals surface area contributed by atoms with Crippen molar-refractivity contribution in [3.05, 3.63) is 45.7 Å². The highest BCUT2D eigenvalue weighted by Gasteiger charge is 2.28. The molecule has 2 rings (SSSR count). The zero-order valence-corrected chi connectivity index (χ0v) is 19.3. The van der Waals surface area contributed by atoms with Gasteiger partial charge in [-0.1, -0.05) is 32.9 Å². The van der Waals surface area contributed by atoms with Gasteiger partial charge in [-0.25, -0.2) is 8.42 Å². The Hall–Kier alpha value is -2.38. The maximum Gasteiger partial charge on any atom is 0.272 e. The second kappa shape index (κ2) is 8.55. The number of carbonyl (C=O) groups excluding carboxylic acids is 1. The molecular weight excluding hydrogens is 458 g/mol. The highest BCUT2D eigenvalue weighted by atomic mass is 79.9. The summed E-state index contributed by atoms with van der Waals surface area (Å²) in [5.74, 6) is -0.733. The topological polar surface area (TPSA) is 117 Å². The van der Waals surface area contributed by atoms with Crippen LogP contribution >= 0.6 is 15.9 Å². The van der Waals surface area contributed by atoms with Gasteiger partial charge in [0, 0.05) is 13.1 Å². The molecule has 29 heavy (non-hydrogen) atoms. The van der Waals surface area contributed by atoms with E-state index in [4.69, 9.17) is 5.26 Å². The number of carbonyl (C=O) groups is 1. The summed E-state index contributed by atoms with van der Waals surface area (Å²) in [7, 11) is -2.26. The summed E-state index contributed by atoms with van der Waals surface area (Å²) in [5.41, 5.74) is 0.988. The minimum absolute atomic E-state index is 0.0831. The van der Waals surface area contributed by atoms with Gasteiger partial charge in [-0.2, -0.15) is 10.4 Å². The molecule has 0 aliphatic carbocycles. The Labute approximate surface area is 179 Å². The highest BCUT2D eigenvalue weighted by Crippen LogP contribution is 2.28. The van der Waals surface area contributed by atoms with Gasteiger partial charge >= 0.3 is 0 Å². The number of hydrogen-bond acceptors (Lipinski definition) is 5. The molecule has 0 aliphatic rings. The third-order valence-electron chi connectivity index (χ3n) is 4.56. The minimum atomic E-state index is -3.83. The van der Waals surface area contributed by atoms with Crippen molar-refractivity contribution in [3.8, 4) is 6.07 Å². The van der Waals surface area contributed by atoms with Crippen molar-refractivity contribution in [3.63, 3.8) is 0 Å². The average Bonchev–Trinajstić information content (AvgIpc) is 2.87. The molecule has 1 atom stereocenters. The summed E-state index contributed by atoms with van der Waals surface area (Å²) in [5, 5.41) is 15.9. The number of nitriles is 1. The summed E-state index contributed by atoms with van der Waals surface area (Å²) in [6.07, 6.45) is 0. The van der Waals surface area contributed by atoms with Crippen LogP contribution in [0.5, 0.6) is 0 Å². The molecule has 1 amide bonds. The minimum Gasteiger partial charge on any atom is -0.348 e. The fourth-order valence-corrected chi connectivity index (χ4v) is 4.27. The number of nitrogens with zero attached hydrogens (tertiary/aromatic N) is 3. The van der Waals surface area contributed by atoms with E-state index in [9.17, 15) is 13.2 Å². The van der Waals surface area contributed by atoms with E-state index < -0.39 is 15.9 Å². The summed E-state index contributed by atoms with van der Waals surface area (Å²) in [6.45, 7) is 7.88. The number of rotatable bonds is 6. The maximum absolute atomic E-state index is 12.8. The van der Waals surface area contributed by atoms with Crippen molar-refractivity contribution in [2.45, 2.75) is 39.5 Å². The predicted molar refractivity (Wildman–Crippen MR) is 115 cm³/mol. The van der Waals surface area contributed by atoms with Crippen molar-refractivity contribution in [1.29, 1.82) is 5.26 Å². The number of amides is 1. The Morgan fingerprint density at radius 3 is 2.41 bits per heavy atom. The number of halogens is 1. The first-order valence-corrected chi connectivity index (χ1v) is 11.3. The molecule has 1 aromatic heterocycles. The number of sulfonamides is 1. The van der Waals surface area contributed by atoms with Gasteiger partial charge in [0.05, 0.1) is 17.4 Å².